The van der Waals surface area contributed by atoms with Gasteiger partial charge in [0.2, 0.25) is 0 Å². The zero-order valence-corrected chi connectivity index (χ0v) is 18.3. The van der Waals surface area contributed by atoms with Crippen molar-refractivity contribution < 1.29 is 0 Å². The van der Waals surface area contributed by atoms with E-state index in [1.54, 1.807) is 11.3 Å². The van der Waals surface area contributed by atoms with Crippen molar-refractivity contribution in [3.8, 4) is 0 Å². The van der Waals surface area contributed by atoms with E-state index < -0.39 is 0 Å². The number of aromatic nitrogens is 1. The van der Waals surface area contributed by atoms with Crippen LogP contribution in [0.5, 0.6) is 0 Å². The summed E-state index contributed by atoms with van der Waals surface area (Å²) in [5, 5.41) is 9.26. The number of hydrogen-bond acceptors (Lipinski definition) is 5. The van der Waals surface area contributed by atoms with Crippen molar-refractivity contribution in [1.82, 2.24) is 10.3 Å². The van der Waals surface area contributed by atoms with E-state index in [-0.39, 0.29) is 0 Å². The second-order valence-corrected chi connectivity index (χ2v) is 10.1. The summed E-state index contributed by atoms with van der Waals surface area (Å²) < 4.78 is 1.24. The van der Waals surface area contributed by atoms with Crippen LogP contribution in [-0.4, -0.2) is 28.0 Å². The largest absolute Gasteiger partial charge is 0.361 e. The molecular weight excluding hydrogens is 396 g/mol. The molecular formula is C23H26N4S2. The monoisotopic (exact) mass is 422 g/mol. The maximum absolute atomic E-state index is 4.82. The SMILES string of the molecule is Cc1cccc2sc(NCCc3ccc(/N=C4/NC5(CCCC5)CS4)cc3)nc12. The number of amidine groups is 1. The molecule has 5 rings (SSSR count). The maximum Gasteiger partial charge on any atom is 0.183 e. The lowest BCUT2D eigenvalue weighted by atomic mass is 10.0. The van der Waals surface area contributed by atoms with Gasteiger partial charge >= 0.3 is 0 Å². The van der Waals surface area contributed by atoms with Crippen molar-refractivity contribution in [3.05, 3.63) is 53.6 Å². The number of nitrogens with zero attached hydrogens (tertiary/aromatic N) is 2. The third-order valence-electron chi connectivity index (χ3n) is 5.90. The van der Waals surface area contributed by atoms with Gasteiger partial charge < -0.3 is 10.6 Å². The van der Waals surface area contributed by atoms with Gasteiger partial charge in [0.05, 0.1) is 15.9 Å². The van der Waals surface area contributed by atoms with E-state index in [1.807, 2.05) is 11.8 Å². The number of nitrogens with one attached hydrogen (secondary N) is 2. The highest BCUT2D eigenvalue weighted by Gasteiger charge is 2.39. The van der Waals surface area contributed by atoms with Crippen molar-refractivity contribution >= 4 is 49.3 Å². The molecule has 1 spiro atoms. The van der Waals surface area contributed by atoms with Gasteiger partial charge in [-0.1, -0.05) is 60.2 Å². The first kappa shape index (κ1) is 18.9. The van der Waals surface area contributed by atoms with Gasteiger partial charge in [-0.05, 0) is 55.5 Å². The van der Waals surface area contributed by atoms with Gasteiger partial charge in [-0.2, -0.15) is 0 Å². The molecule has 0 atom stereocenters. The van der Waals surface area contributed by atoms with Crippen molar-refractivity contribution in [2.75, 3.05) is 17.6 Å². The standard InChI is InChI=1S/C23H26N4S2/c1-16-5-4-6-19-20(16)26-21(29-19)24-14-11-17-7-9-18(10-8-17)25-22-27-23(15-28-22)12-2-3-13-23/h4-10H,2-3,11-15H2,1H3,(H,24,26)(H,25,27). The minimum absolute atomic E-state index is 0.328. The first-order valence-electron chi connectivity index (χ1n) is 10.4. The summed E-state index contributed by atoms with van der Waals surface area (Å²) in [6.45, 7) is 3.00. The molecule has 1 saturated carbocycles. The molecule has 2 aromatic carbocycles. The second kappa shape index (κ2) is 8.00. The molecule has 29 heavy (non-hydrogen) atoms. The molecule has 2 aliphatic rings. The Morgan fingerprint density at radius 1 is 1.14 bits per heavy atom. The van der Waals surface area contributed by atoms with E-state index in [2.05, 4.69) is 60.0 Å². The molecule has 2 fully saturated rings. The summed E-state index contributed by atoms with van der Waals surface area (Å²) in [6, 6.07) is 15.0. The predicted octanol–water partition coefficient (Wildman–Crippen LogP) is 5.90. The summed E-state index contributed by atoms with van der Waals surface area (Å²) >= 11 is 3.60. The number of benzene rings is 2. The lowest BCUT2D eigenvalue weighted by Gasteiger charge is -2.21. The van der Waals surface area contributed by atoms with Crippen LogP contribution < -0.4 is 10.6 Å². The average molecular weight is 423 g/mol. The van der Waals surface area contributed by atoms with Gasteiger partial charge in [-0.15, -0.1) is 0 Å². The quantitative estimate of drug-likeness (QED) is 0.538. The minimum Gasteiger partial charge on any atom is -0.361 e. The topological polar surface area (TPSA) is 49.3 Å². The number of thiazole rings is 1. The molecule has 1 aromatic heterocycles. The second-order valence-electron chi connectivity index (χ2n) is 8.10. The number of hydrogen-bond donors (Lipinski definition) is 2. The van der Waals surface area contributed by atoms with Gasteiger partial charge in [0.15, 0.2) is 10.3 Å². The first-order valence-corrected chi connectivity index (χ1v) is 12.2. The van der Waals surface area contributed by atoms with Crippen molar-refractivity contribution in [2.45, 2.75) is 44.6 Å². The molecule has 4 nitrogen and oxygen atoms in total. The fourth-order valence-corrected chi connectivity index (χ4v) is 6.42. The Kier molecular flexibility index (Phi) is 5.22. The van der Waals surface area contributed by atoms with Crippen LogP contribution in [-0.2, 0) is 6.42 Å². The number of aliphatic imine (C=N–C) groups is 1. The van der Waals surface area contributed by atoms with Gasteiger partial charge in [0.25, 0.3) is 0 Å². The molecule has 2 heterocycles. The fraction of sp³-hybridized carbons (Fsp3) is 0.391. The number of rotatable bonds is 5. The van der Waals surface area contributed by atoms with E-state index in [4.69, 9.17) is 9.98 Å². The highest BCUT2D eigenvalue weighted by atomic mass is 32.2. The summed E-state index contributed by atoms with van der Waals surface area (Å²) in [4.78, 5) is 9.55. The zero-order chi connectivity index (χ0) is 19.7. The Morgan fingerprint density at radius 3 is 2.76 bits per heavy atom. The normalized spacial score (nSPS) is 19.3. The number of aryl methyl sites for hydroxylation is 1. The Hall–Kier alpha value is -2.05. The van der Waals surface area contributed by atoms with Gasteiger partial charge in [0, 0.05) is 17.8 Å². The van der Waals surface area contributed by atoms with E-state index in [1.165, 1.54) is 47.3 Å². The fourth-order valence-electron chi connectivity index (χ4n) is 4.22. The van der Waals surface area contributed by atoms with Crippen LogP contribution in [0.3, 0.4) is 0 Å². The molecule has 0 bridgehead atoms. The molecule has 1 saturated heterocycles. The summed E-state index contributed by atoms with van der Waals surface area (Å²) in [5.74, 6) is 1.17. The van der Waals surface area contributed by atoms with Gasteiger partial charge in [-0.25, -0.2) is 9.98 Å². The molecule has 0 unspecified atom stereocenters. The van der Waals surface area contributed by atoms with E-state index in [0.29, 0.717) is 5.54 Å². The Morgan fingerprint density at radius 2 is 1.97 bits per heavy atom. The molecule has 150 valence electrons. The first-order chi connectivity index (χ1) is 14.2. The molecule has 0 radical (unpaired) electrons. The van der Waals surface area contributed by atoms with Crippen LogP contribution in [0.25, 0.3) is 10.2 Å². The third kappa shape index (κ3) is 4.14. The van der Waals surface area contributed by atoms with E-state index in [0.717, 1.165) is 34.5 Å². The molecule has 6 heteroatoms. The molecule has 2 N–H and O–H groups in total. The summed E-state index contributed by atoms with van der Waals surface area (Å²) in [7, 11) is 0. The molecule has 3 aromatic rings. The van der Waals surface area contributed by atoms with Crippen molar-refractivity contribution in [1.29, 1.82) is 0 Å². The van der Waals surface area contributed by atoms with Crippen LogP contribution in [0, 0.1) is 6.92 Å². The molecule has 0 amide bonds. The van der Waals surface area contributed by atoms with E-state index >= 15 is 0 Å². The van der Waals surface area contributed by atoms with E-state index in [9.17, 15) is 0 Å². The lowest BCUT2D eigenvalue weighted by molar-refractivity contribution is 0.453. The average Bonchev–Trinajstić information content (AvgIpc) is 3.45. The number of para-hydroxylation sites is 1. The third-order valence-corrected chi connectivity index (χ3v) is 8.04. The zero-order valence-electron chi connectivity index (χ0n) is 16.7. The van der Waals surface area contributed by atoms with Crippen LogP contribution in [0.2, 0.25) is 0 Å². The molecule has 1 aliphatic carbocycles. The van der Waals surface area contributed by atoms with Crippen molar-refractivity contribution in [3.63, 3.8) is 0 Å². The predicted molar refractivity (Wildman–Crippen MR) is 127 cm³/mol. The Balaban J connectivity index is 1.16. The Labute approximate surface area is 180 Å². The van der Waals surface area contributed by atoms with Crippen LogP contribution in [0.4, 0.5) is 10.8 Å². The van der Waals surface area contributed by atoms with Crippen LogP contribution in [0.1, 0.15) is 36.8 Å². The number of fused-ring (bicyclic) bond motifs is 1. The van der Waals surface area contributed by atoms with Crippen LogP contribution in [0.15, 0.2) is 47.5 Å². The number of anilines is 1. The minimum atomic E-state index is 0.328. The summed E-state index contributed by atoms with van der Waals surface area (Å²) in [6.07, 6.45) is 6.25. The maximum atomic E-state index is 4.82. The van der Waals surface area contributed by atoms with Crippen molar-refractivity contribution in [2.24, 2.45) is 4.99 Å². The van der Waals surface area contributed by atoms with Gasteiger partial charge in [0.1, 0.15) is 0 Å². The smallest absolute Gasteiger partial charge is 0.183 e. The lowest BCUT2D eigenvalue weighted by Crippen LogP contribution is -2.40. The molecule has 1 aliphatic heterocycles. The van der Waals surface area contributed by atoms with Gasteiger partial charge in [-0.3, -0.25) is 0 Å². The highest BCUT2D eigenvalue weighted by molar-refractivity contribution is 8.14. The highest BCUT2D eigenvalue weighted by Crippen LogP contribution is 2.38. The van der Waals surface area contributed by atoms with Crippen LogP contribution >= 0.6 is 23.1 Å². The summed E-state index contributed by atoms with van der Waals surface area (Å²) in [5.41, 5.74) is 5.03. The Bertz CT molecular complexity index is 1030. The number of thioether (sulfide) groups is 1.